The SMILES string of the molecule is CCn1c(CSc2nnc(-c3sc(C)nc3C)o2)nc2cc(S(=O)(=O)N(C)C)ccc21. The van der Waals surface area contributed by atoms with Crippen molar-refractivity contribution in [2.75, 3.05) is 14.1 Å². The van der Waals surface area contributed by atoms with Crippen LogP contribution in [-0.2, 0) is 22.3 Å². The van der Waals surface area contributed by atoms with Gasteiger partial charge >= 0.3 is 0 Å². The first-order valence-corrected chi connectivity index (χ1v) is 12.8. The van der Waals surface area contributed by atoms with Crippen LogP contribution in [0.3, 0.4) is 0 Å². The molecule has 1 aromatic carbocycles. The lowest BCUT2D eigenvalue weighted by atomic mass is 10.3. The summed E-state index contributed by atoms with van der Waals surface area (Å²) in [6.45, 7) is 6.60. The molecule has 4 rings (SSSR count). The van der Waals surface area contributed by atoms with Gasteiger partial charge in [0.15, 0.2) is 0 Å². The van der Waals surface area contributed by atoms with E-state index in [4.69, 9.17) is 4.42 Å². The van der Waals surface area contributed by atoms with Crippen molar-refractivity contribution in [3.8, 4) is 10.8 Å². The van der Waals surface area contributed by atoms with Crippen LogP contribution in [0.25, 0.3) is 21.8 Å². The van der Waals surface area contributed by atoms with Gasteiger partial charge in [-0.15, -0.1) is 21.5 Å². The fourth-order valence-corrected chi connectivity index (χ4v) is 5.68. The Morgan fingerprint density at radius 1 is 1.19 bits per heavy atom. The highest BCUT2D eigenvalue weighted by molar-refractivity contribution is 7.98. The van der Waals surface area contributed by atoms with E-state index in [9.17, 15) is 8.42 Å². The lowest BCUT2D eigenvalue weighted by Crippen LogP contribution is -2.22. The molecule has 4 aromatic rings. The summed E-state index contributed by atoms with van der Waals surface area (Å²) in [7, 11) is -0.490. The molecule has 0 spiro atoms. The number of thioether (sulfide) groups is 1. The van der Waals surface area contributed by atoms with Crippen molar-refractivity contribution in [2.24, 2.45) is 0 Å². The Hall–Kier alpha value is -2.28. The second-order valence-electron chi connectivity index (χ2n) is 7.02. The highest BCUT2D eigenvalue weighted by Crippen LogP contribution is 2.32. The van der Waals surface area contributed by atoms with Crippen molar-refractivity contribution in [1.29, 1.82) is 0 Å². The molecule has 0 N–H and O–H groups in total. The van der Waals surface area contributed by atoms with Gasteiger partial charge in [0.05, 0.1) is 32.4 Å². The number of aryl methyl sites for hydroxylation is 3. The average molecular weight is 479 g/mol. The molecular formula is C19H22N6O3S3. The standard InChI is InChI=1S/C19H22N6O3S3/c1-6-25-15-8-7-13(31(26,27)24(4)5)9-14(15)21-16(25)10-29-19-23-22-18(28-19)17-11(2)20-12(3)30-17/h7-9H,6,10H2,1-5H3. The minimum absolute atomic E-state index is 0.224. The van der Waals surface area contributed by atoms with Gasteiger partial charge in [0.2, 0.25) is 10.0 Å². The van der Waals surface area contributed by atoms with Gasteiger partial charge in [0.25, 0.3) is 11.1 Å². The summed E-state index contributed by atoms with van der Waals surface area (Å²) >= 11 is 2.92. The van der Waals surface area contributed by atoms with Crippen molar-refractivity contribution >= 4 is 44.2 Å². The largest absolute Gasteiger partial charge is 0.410 e. The van der Waals surface area contributed by atoms with Crippen LogP contribution in [0.2, 0.25) is 0 Å². The quantitative estimate of drug-likeness (QED) is 0.370. The van der Waals surface area contributed by atoms with Crippen LogP contribution in [0.15, 0.2) is 32.7 Å². The summed E-state index contributed by atoms with van der Waals surface area (Å²) in [5.74, 6) is 1.79. The van der Waals surface area contributed by atoms with Gasteiger partial charge in [-0.25, -0.2) is 22.7 Å². The number of aromatic nitrogens is 5. The fraction of sp³-hybridized carbons (Fsp3) is 0.368. The van der Waals surface area contributed by atoms with E-state index in [0.717, 1.165) is 26.9 Å². The zero-order valence-corrected chi connectivity index (χ0v) is 20.2. The highest BCUT2D eigenvalue weighted by Gasteiger charge is 2.20. The Bertz CT molecular complexity index is 1350. The predicted molar refractivity (Wildman–Crippen MR) is 121 cm³/mol. The van der Waals surface area contributed by atoms with Gasteiger partial charge in [-0.2, -0.15) is 0 Å². The van der Waals surface area contributed by atoms with Gasteiger partial charge in [-0.1, -0.05) is 11.8 Å². The summed E-state index contributed by atoms with van der Waals surface area (Å²) in [6, 6.07) is 5.03. The fourth-order valence-electron chi connectivity index (χ4n) is 3.21. The monoisotopic (exact) mass is 478 g/mol. The number of hydrogen-bond donors (Lipinski definition) is 0. The predicted octanol–water partition coefficient (Wildman–Crippen LogP) is 3.72. The molecule has 0 aliphatic rings. The third-order valence-electron chi connectivity index (χ3n) is 4.72. The molecule has 3 heterocycles. The molecular weight excluding hydrogens is 456 g/mol. The van der Waals surface area contributed by atoms with Crippen molar-refractivity contribution < 1.29 is 12.8 Å². The third-order valence-corrected chi connectivity index (χ3v) is 8.41. The molecule has 164 valence electrons. The van der Waals surface area contributed by atoms with Crippen molar-refractivity contribution in [1.82, 2.24) is 29.0 Å². The first-order chi connectivity index (χ1) is 14.7. The second kappa shape index (κ2) is 8.34. The van der Waals surface area contributed by atoms with E-state index in [0.29, 0.717) is 28.9 Å². The summed E-state index contributed by atoms with van der Waals surface area (Å²) in [4.78, 5) is 10.2. The number of thiazole rings is 1. The molecule has 0 amide bonds. The number of benzene rings is 1. The Morgan fingerprint density at radius 2 is 1.97 bits per heavy atom. The van der Waals surface area contributed by atoms with E-state index in [2.05, 4.69) is 24.7 Å². The first kappa shape index (κ1) is 21.9. The Morgan fingerprint density at radius 3 is 2.61 bits per heavy atom. The molecule has 0 saturated heterocycles. The lowest BCUT2D eigenvalue weighted by molar-refractivity contribution is 0.466. The van der Waals surface area contributed by atoms with Gasteiger partial charge in [-0.3, -0.25) is 0 Å². The molecule has 0 saturated carbocycles. The van der Waals surface area contributed by atoms with E-state index < -0.39 is 10.0 Å². The number of imidazole rings is 1. The molecule has 0 aliphatic carbocycles. The molecule has 0 atom stereocenters. The van der Waals surface area contributed by atoms with E-state index in [-0.39, 0.29) is 4.90 Å². The van der Waals surface area contributed by atoms with Crippen LogP contribution in [0.1, 0.15) is 23.4 Å². The smallest absolute Gasteiger partial charge is 0.277 e. The number of hydrogen-bond acceptors (Lipinski definition) is 9. The van der Waals surface area contributed by atoms with Crippen LogP contribution in [0.5, 0.6) is 0 Å². The van der Waals surface area contributed by atoms with Crippen molar-refractivity contribution in [3.05, 3.63) is 34.7 Å². The molecule has 12 heteroatoms. The van der Waals surface area contributed by atoms with Crippen molar-refractivity contribution in [2.45, 2.75) is 43.2 Å². The summed E-state index contributed by atoms with van der Waals surface area (Å²) in [5, 5.41) is 9.69. The van der Waals surface area contributed by atoms with E-state index in [1.807, 2.05) is 20.8 Å². The van der Waals surface area contributed by atoms with Crippen LogP contribution in [0.4, 0.5) is 0 Å². The molecule has 31 heavy (non-hydrogen) atoms. The topological polar surface area (TPSA) is 107 Å². The minimum atomic E-state index is -3.52. The van der Waals surface area contributed by atoms with E-state index in [1.165, 1.54) is 41.5 Å². The molecule has 9 nitrogen and oxygen atoms in total. The van der Waals surface area contributed by atoms with Gasteiger partial charge in [0, 0.05) is 20.6 Å². The maximum Gasteiger partial charge on any atom is 0.277 e. The van der Waals surface area contributed by atoms with Crippen LogP contribution < -0.4 is 0 Å². The maximum atomic E-state index is 12.4. The second-order valence-corrected chi connectivity index (χ2v) is 11.3. The molecule has 3 aromatic heterocycles. The van der Waals surface area contributed by atoms with E-state index >= 15 is 0 Å². The Labute approximate surface area is 188 Å². The number of rotatable bonds is 7. The van der Waals surface area contributed by atoms with Gasteiger partial charge in [0.1, 0.15) is 10.7 Å². The highest BCUT2D eigenvalue weighted by atomic mass is 32.2. The number of sulfonamides is 1. The minimum Gasteiger partial charge on any atom is -0.410 e. The van der Waals surface area contributed by atoms with Crippen LogP contribution in [0, 0.1) is 13.8 Å². The Balaban J connectivity index is 1.59. The molecule has 0 bridgehead atoms. The maximum absolute atomic E-state index is 12.4. The summed E-state index contributed by atoms with van der Waals surface area (Å²) in [6.07, 6.45) is 0. The van der Waals surface area contributed by atoms with Crippen LogP contribution in [-0.4, -0.2) is 51.6 Å². The molecule has 0 unspecified atom stereocenters. The third kappa shape index (κ3) is 4.12. The van der Waals surface area contributed by atoms with Crippen molar-refractivity contribution in [3.63, 3.8) is 0 Å². The summed E-state index contributed by atoms with van der Waals surface area (Å²) < 4.78 is 34.0. The average Bonchev–Trinajstić information content (AvgIpc) is 3.41. The zero-order valence-electron chi connectivity index (χ0n) is 17.8. The zero-order chi connectivity index (χ0) is 22.3. The van der Waals surface area contributed by atoms with Crippen LogP contribution >= 0.6 is 23.1 Å². The first-order valence-electron chi connectivity index (χ1n) is 9.53. The number of nitrogens with zero attached hydrogens (tertiary/aromatic N) is 6. The van der Waals surface area contributed by atoms with Gasteiger partial charge < -0.3 is 8.98 Å². The van der Waals surface area contributed by atoms with Gasteiger partial charge in [-0.05, 0) is 39.0 Å². The molecule has 0 radical (unpaired) electrons. The molecule has 0 aliphatic heterocycles. The Kier molecular flexibility index (Phi) is 5.90. The molecule has 0 fully saturated rings. The summed E-state index contributed by atoms with van der Waals surface area (Å²) in [5.41, 5.74) is 2.40. The normalized spacial score (nSPS) is 12.3. The lowest BCUT2D eigenvalue weighted by Gasteiger charge is -2.11. The number of fused-ring (bicyclic) bond motifs is 1. The van der Waals surface area contributed by atoms with E-state index in [1.54, 1.807) is 18.2 Å².